The van der Waals surface area contributed by atoms with Gasteiger partial charge in [-0.15, -0.1) is 0 Å². The van der Waals surface area contributed by atoms with Crippen LogP contribution >= 0.6 is 11.3 Å². The van der Waals surface area contributed by atoms with Gasteiger partial charge in [-0.2, -0.15) is 0 Å². The van der Waals surface area contributed by atoms with Crippen LogP contribution in [-0.2, 0) is 6.54 Å². The minimum Gasteiger partial charge on any atom is -0.497 e. The van der Waals surface area contributed by atoms with Gasteiger partial charge in [0.1, 0.15) is 10.6 Å². The Morgan fingerprint density at radius 3 is 2.60 bits per heavy atom. The second-order valence-corrected chi connectivity index (χ2v) is 5.21. The molecule has 0 atom stereocenters. The van der Waals surface area contributed by atoms with E-state index in [1.165, 1.54) is 11.3 Å². The number of anilines is 1. The minimum absolute atomic E-state index is 0.0997. The van der Waals surface area contributed by atoms with Crippen molar-refractivity contribution in [1.29, 1.82) is 0 Å². The number of thiazole rings is 1. The molecule has 0 saturated heterocycles. The van der Waals surface area contributed by atoms with Gasteiger partial charge in [-0.25, -0.2) is 4.98 Å². The summed E-state index contributed by atoms with van der Waals surface area (Å²) in [7, 11) is 3.42. The molecule has 0 aliphatic carbocycles. The highest BCUT2D eigenvalue weighted by Gasteiger charge is 2.14. The van der Waals surface area contributed by atoms with Crippen molar-refractivity contribution in [1.82, 2.24) is 10.3 Å². The zero-order valence-corrected chi connectivity index (χ0v) is 12.5. The molecule has 1 heterocycles. The summed E-state index contributed by atoms with van der Waals surface area (Å²) in [5.74, 6) is 0.703. The summed E-state index contributed by atoms with van der Waals surface area (Å²) < 4.78 is 5.09. The third kappa shape index (κ3) is 3.27. The predicted molar refractivity (Wildman–Crippen MR) is 80.6 cm³/mol. The quantitative estimate of drug-likeness (QED) is 0.888. The molecule has 2 N–H and O–H groups in total. The lowest BCUT2D eigenvalue weighted by atomic mass is 10.2. The van der Waals surface area contributed by atoms with Crippen molar-refractivity contribution in [3.8, 4) is 5.75 Å². The van der Waals surface area contributed by atoms with Gasteiger partial charge >= 0.3 is 0 Å². The lowest BCUT2D eigenvalue weighted by Crippen LogP contribution is -2.22. The Kier molecular flexibility index (Phi) is 4.57. The summed E-state index contributed by atoms with van der Waals surface area (Å²) >= 11 is 1.35. The fourth-order valence-electron chi connectivity index (χ4n) is 1.72. The third-order valence-electron chi connectivity index (χ3n) is 2.83. The highest BCUT2D eigenvalue weighted by atomic mass is 32.1. The molecule has 0 unspecified atom stereocenters. The van der Waals surface area contributed by atoms with E-state index in [1.54, 1.807) is 14.2 Å². The number of hydrogen-bond donors (Lipinski definition) is 2. The number of benzene rings is 1. The van der Waals surface area contributed by atoms with Gasteiger partial charge in [-0.05, 0) is 24.6 Å². The van der Waals surface area contributed by atoms with Gasteiger partial charge in [0.2, 0.25) is 0 Å². The molecule has 1 amide bonds. The van der Waals surface area contributed by atoms with Crippen LogP contribution in [0.15, 0.2) is 24.3 Å². The van der Waals surface area contributed by atoms with Crippen LogP contribution in [0.1, 0.15) is 20.9 Å². The molecular weight excluding hydrogens is 274 g/mol. The smallest absolute Gasteiger partial charge is 0.263 e. The topological polar surface area (TPSA) is 63.2 Å². The Labute approximate surface area is 122 Å². The highest BCUT2D eigenvalue weighted by molar-refractivity contribution is 7.17. The van der Waals surface area contributed by atoms with Crippen molar-refractivity contribution in [2.45, 2.75) is 13.5 Å². The molecule has 106 valence electrons. The summed E-state index contributed by atoms with van der Waals surface area (Å²) in [6.45, 7) is 2.31. The fourth-order valence-corrected chi connectivity index (χ4v) is 2.56. The summed E-state index contributed by atoms with van der Waals surface area (Å²) in [6.07, 6.45) is 0. The fraction of sp³-hybridized carbons (Fsp3) is 0.286. The van der Waals surface area contributed by atoms with Crippen LogP contribution in [0.25, 0.3) is 0 Å². The van der Waals surface area contributed by atoms with Gasteiger partial charge in [0.15, 0.2) is 5.13 Å². The molecule has 0 aliphatic heterocycles. The van der Waals surface area contributed by atoms with E-state index in [1.807, 2.05) is 31.2 Å². The van der Waals surface area contributed by atoms with Gasteiger partial charge in [-0.3, -0.25) is 4.79 Å². The molecule has 6 heteroatoms. The SMILES string of the molecule is CNc1nc(C)c(C(=O)NCc2ccc(OC)cc2)s1. The van der Waals surface area contributed by atoms with Crippen LogP contribution in [0.5, 0.6) is 5.75 Å². The highest BCUT2D eigenvalue weighted by Crippen LogP contribution is 2.21. The second kappa shape index (κ2) is 6.38. The van der Waals surface area contributed by atoms with Crippen molar-refractivity contribution in [2.24, 2.45) is 0 Å². The molecule has 1 aromatic carbocycles. The number of methoxy groups -OCH3 is 1. The normalized spacial score (nSPS) is 10.2. The predicted octanol–water partition coefficient (Wildman–Crippen LogP) is 2.43. The number of carbonyl (C=O) groups is 1. The first-order valence-electron chi connectivity index (χ1n) is 6.20. The first-order valence-corrected chi connectivity index (χ1v) is 7.02. The number of nitrogens with zero attached hydrogens (tertiary/aromatic N) is 1. The molecule has 5 nitrogen and oxygen atoms in total. The molecular formula is C14H17N3O2S. The van der Waals surface area contributed by atoms with Crippen LogP contribution in [0.4, 0.5) is 5.13 Å². The average Bonchev–Trinajstić information content (AvgIpc) is 2.86. The van der Waals surface area contributed by atoms with Crippen LogP contribution < -0.4 is 15.4 Å². The van der Waals surface area contributed by atoms with Crippen molar-refractivity contribution in [3.63, 3.8) is 0 Å². The molecule has 1 aromatic heterocycles. The maximum absolute atomic E-state index is 12.1. The van der Waals surface area contributed by atoms with E-state index in [2.05, 4.69) is 15.6 Å². The Morgan fingerprint density at radius 2 is 2.05 bits per heavy atom. The summed E-state index contributed by atoms with van der Waals surface area (Å²) in [5, 5.41) is 6.58. The van der Waals surface area contributed by atoms with Gasteiger partial charge < -0.3 is 15.4 Å². The molecule has 0 fully saturated rings. The standard InChI is InChI=1S/C14H17N3O2S/c1-9-12(20-14(15-2)17-9)13(18)16-8-10-4-6-11(19-3)7-5-10/h4-7H,8H2,1-3H3,(H,15,17)(H,16,18). The number of hydrogen-bond acceptors (Lipinski definition) is 5. The van der Waals surface area contributed by atoms with E-state index >= 15 is 0 Å². The Balaban J connectivity index is 1.98. The molecule has 2 aromatic rings. The van der Waals surface area contributed by atoms with Gasteiger partial charge in [0.05, 0.1) is 12.8 Å². The van der Waals surface area contributed by atoms with E-state index in [0.717, 1.165) is 22.1 Å². The first kappa shape index (κ1) is 14.3. The molecule has 0 aliphatic rings. The van der Waals surface area contributed by atoms with Crippen molar-refractivity contribution in [3.05, 3.63) is 40.4 Å². The van der Waals surface area contributed by atoms with Gasteiger partial charge in [0.25, 0.3) is 5.91 Å². The molecule has 0 spiro atoms. The maximum atomic E-state index is 12.1. The number of aryl methyl sites for hydroxylation is 1. The Hall–Kier alpha value is -2.08. The number of ether oxygens (including phenoxy) is 1. The van der Waals surface area contributed by atoms with Crippen molar-refractivity contribution >= 4 is 22.4 Å². The van der Waals surface area contributed by atoms with E-state index in [0.29, 0.717) is 11.4 Å². The van der Waals surface area contributed by atoms with Gasteiger partial charge in [-0.1, -0.05) is 23.5 Å². The summed E-state index contributed by atoms with van der Waals surface area (Å²) in [4.78, 5) is 17.0. The summed E-state index contributed by atoms with van der Waals surface area (Å²) in [5.41, 5.74) is 1.77. The molecule has 0 radical (unpaired) electrons. The van der Waals surface area contributed by atoms with E-state index < -0.39 is 0 Å². The Bertz CT molecular complexity index is 593. The number of nitrogens with one attached hydrogen (secondary N) is 2. The van der Waals surface area contributed by atoms with Crippen LogP contribution in [0.2, 0.25) is 0 Å². The molecule has 20 heavy (non-hydrogen) atoms. The second-order valence-electron chi connectivity index (χ2n) is 4.21. The number of carbonyl (C=O) groups excluding carboxylic acids is 1. The van der Waals surface area contributed by atoms with Crippen molar-refractivity contribution in [2.75, 3.05) is 19.5 Å². The van der Waals surface area contributed by atoms with E-state index in [4.69, 9.17) is 4.74 Å². The minimum atomic E-state index is -0.0997. The molecule has 0 saturated carbocycles. The average molecular weight is 291 g/mol. The third-order valence-corrected chi connectivity index (χ3v) is 4.00. The number of amides is 1. The van der Waals surface area contributed by atoms with Crippen molar-refractivity contribution < 1.29 is 9.53 Å². The lowest BCUT2D eigenvalue weighted by molar-refractivity contribution is 0.0954. The number of aromatic nitrogens is 1. The zero-order valence-electron chi connectivity index (χ0n) is 11.7. The van der Waals surface area contributed by atoms with E-state index in [-0.39, 0.29) is 5.91 Å². The first-order chi connectivity index (χ1) is 9.63. The maximum Gasteiger partial charge on any atom is 0.263 e. The molecule has 2 rings (SSSR count). The van der Waals surface area contributed by atoms with E-state index in [9.17, 15) is 4.79 Å². The largest absolute Gasteiger partial charge is 0.497 e. The Morgan fingerprint density at radius 1 is 1.35 bits per heavy atom. The lowest BCUT2D eigenvalue weighted by Gasteiger charge is -2.05. The van der Waals surface area contributed by atoms with Crippen LogP contribution in [-0.4, -0.2) is 25.0 Å². The zero-order chi connectivity index (χ0) is 14.5. The monoisotopic (exact) mass is 291 g/mol. The van der Waals surface area contributed by atoms with Crippen LogP contribution in [0.3, 0.4) is 0 Å². The summed E-state index contributed by atoms with van der Waals surface area (Å²) in [6, 6.07) is 7.60. The van der Waals surface area contributed by atoms with Gasteiger partial charge in [0, 0.05) is 13.6 Å². The molecule has 0 bridgehead atoms. The van der Waals surface area contributed by atoms with Crippen LogP contribution in [0, 0.1) is 6.92 Å². The number of rotatable bonds is 5.